The van der Waals surface area contributed by atoms with E-state index in [1.54, 1.807) is 0 Å². The molecule has 0 saturated carbocycles. The number of nitrogens with one attached hydrogen (secondary N) is 1. The minimum Gasteiger partial charge on any atom is -0.489 e. The Kier molecular flexibility index (Phi) is 6.90. The average molecular weight is 489 g/mol. The Labute approximate surface area is 209 Å². The normalized spacial score (nSPS) is 18.2. The van der Waals surface area contributed by atoms with Crippen molar-refractivity contribution in [2.75, 3.05) is 6.79 Å². The molecular weight excluding hydrogens is 460 g/mol. The third kappa shape index (κ3) is 4.92. The van der Waals surface area contributed by atoms with Crippen molar-refractivity contribution >= 4 is 12.0 Å². The Balaban J connectivity index is 1.47. The standard InChI is InChI=1S/C28H28N2O6/c1-17-9-26-27(35-16-34-26)12-19(17)7-8-23-22-10-21(14-31)25(33-15-18-5-3-2-4-6-18)13-20(22)11-24(30-23)28(32)36-29/h2-10,12-13,23-24,30-31H,11,14-16,29H2,1H3/b8-7+. The van der Waals surface area contributed by atoms with Gasteiger partial charge in [0.2, 0.25) is 6.79 Å². The first-order chi connectivity index (χ1) is 17.6. The van der Waals surface area contributed by atoms with Crippen molar-refractivity contribution in [2.24, 2.45) is 5.90 Å². The first-order valence-corrected chi connectivity index (χ1v) is 11.7. The molecule has 0 saturated heterocycles. The predicted molar refractivity (Wildman–Crippen MR) is 133 cm³/mol. The summed E-state index contributed by atoms with van der Waals surface area (Å²) < 4.78 is 17.0. The SMILES string of the molecule is Cc1cc2c(cc1/C=C/C1NC(C(=O)ON)Cc3cc(OCc4ccccc4)c(CO)cc31)OCO2. The van der Waals surface area contributed by atoms with Gasteiger partial charge in [-0.25, -0.2) is 4.79 Å². The molecule has 0 amide bonds. The number of fused-ring (bicyclic) bond motifs is 2. The van der Waals surface area contributed by atoms with Crippen molar-refractivity contribution in [2.45, 2.75) is 38.6 Å². The summed E-state index contributed by atoms with van der Waals surface area (Å²) in [6.07, 6.45) is 4.34. The summed E-state index contributed by atoms with van der Waals surface area (Å²) in [7, 11) is 0. The van der Waals surface area contributed by atoms with Crippen LogP contribution in [0.3, 0.4) is 0 Å². The molecule has 2 aliphatic rings. The van der Waals surface area contributed by atoms with Gasteiger partial charge in [0.1, 0.15) is 18.4 Å². The fourth-order valence-corrected chi connectivity index (χ4v) is 4.56. The topological polar surface area (TPSA) is 112 Å². The van der Waals surface area contributed by atoms with E-state index in [1.165, 1.54) is 0 Å². The summed E-state index contributed by atoms with van der Waals surface area (Å²) in [5.41, 5.74) is 5.55. The van der Waals surface area contributed by atoms with Gasteiger partial charge < -0.3 is 24.2 Å². The highest BCUT2D eigenvalue weighted by molar-refractivity contribution is 5.77. The van der Waals surface area contributed by atoms with Crippen LogP contribution in [0.1, 0.15) is 39.4 Å². The second-order valence-electron chi connectivity index (χ2n) is 8.85. The summed E-state index contributed by atoms with van der Waals surface area (Å²) in [5.74, 6) is 6.66. The van der Waals surface area contributed by atoms with E-state index in [4.69, 9.17) is 20.1 Å². The van der Waals surface area contributed by atoms with Gasteiger partial charge in [-0.3, -0.25) is 5.32 Å². The molecule has 4 N–H and O–H groups in total. The number of nitrogens with two attached hydrogens (primary N) is 1. The molecular formula is C28H28N2O6. The Morgan fingerprint density at radius 1 is 1.17 bits per heavy atom. The van der Waals surface area contributed by atoms with Crippen molar-refractivity contribution < 1.29 is 28.9 Å². The van der Waals surface area contributed by atoms with Crippen LogP contribution in [0.15, 0.2) is 60.7 Å². The molecule has 36 heavy (non-hydrogen) atoms. The zero-order chi connectivity index (χ0) is 25.1. The van der Waals surface area contributed by atoms with E-state index in [9.17, 15) is 9.90 Å². The van der Waals surface area contributed by atoms with E-state index in [0.29, 0.717) is 30.1 Å². The lowest BCUT2D eigenvalue weighted by Gasteiger charge is -2.31. The number of hydrogen-bond donors (Lipinski definition) is 3. The lowest BCUT2D eigenvalue weighted by Crippen LogP contribution is -2.45. The molecule has 0 radical (unpaired) electrons. The summed E-state index contributed by atoms with van der Waals surface area (Å²) in [6, 6.07) is 16.6. The number of ether oxygens (including phenoxy) is 3. The molecule has 2 aliphatic heterocycles. The number of carbonyl (C=O) groups excluding carboxylic acids is 1. The number of aliphatic hydroxyl groups excluding tert-OH is 1. The maximum Gasteiger partial charge on any atom is 0.341 e. The molecule has 5 rings (SSSR count). The number of carbonyl (C=O) groups is 1. The average Bonchev–Trinajstić information content (AvgIpc) is 3.36. The highest BCUT2D eigenvalue weighted by Crippen LogP contribution is 2.37. The van der Waals surface area contributed by atoms with E-state index < -0.39 is 12.0 Å². The van der Waals surface area contributed by atoms with Gasteiger partial charge >= 0.3 is 5.97 Å². The van der Waals surface area contributed by atoms with E-state index >= 15 is 0 Å². The fourth-order valence-electron chi connectivity index (χ4n) is 4.56. The second-order valence-corrected chi connectivity index (χ2v) is 8.85. The highest BCUT2D eigenvalue weighted by atomic mass is 16.7. The van der Waals surface area contributed by atoms with Crippen LogP contribution in [0.25, 0.3) is 6.08 Å². The number of hydrogen-bond acceptors (Lipinski definition) is 8. The van der Waals surface area contributed by atoms with Crippen molar-refractivity contribution in [3.8, 4) is 17.2 Å². The van der Waals surface area contributed by atoms with Crippen LogP contribution in [0.5, 0.6) is 17.2 Å². The minimum atomic E-state index is -0.628. The lowest BCUT2D eigenvalue weighted by molar-refractivity contribution is -0.147. The van der Waals surface area contributed by atoms with E-state index in [2.05, 4.69) is 10.2 Å². The van der Waals surface area contributed by atoms with E-state index in [-0.39, 0.29) is 19.4 Å². The zero-order valence-corrected chi connectivity index (χ0v) is 19.9. The first-order valence-electron chi connectivity index (χ1n) is 11.7. The van der Waals surface area contributed by atoms with Crippen LogP contribution < -0.4 is 25.4 Å². The van der Waals surface area contributed by atoms with Crippen molar-refractivity contribution in [1.82, 2.24) is 5.32 Å². The van der Waals surface area contributed by atoms with Crippen LogP contribution in [0, 0.1) is 6.92 Å². The Morgan fingerprint density at radius 3 is 2.69 bits per heavy atom. The van der Waals surface area contributed by atoms with Crippen molar-refractivity contribution in [3.63, 3.8) is 0 Å². The van der Waals surface area contributed by atoms with Crippen LogP contribution in [-0.4, -0.2) is 23.9 Å². The van der Waals surface area contributed by atoms with Crippen LogP contribution in [-0.2, 0) is 29.3 Å². The second kappa shape index (κ2) is 10.4. The molecule has 2 heterocycles. The predicted octanol–water partition coefficient (Wildman–Crippen LogP) is 3.48. The van der Waals surface area contributed by atoms with Gasteiger partial charge in [0, 0.05) is 5.56 Å². The minimum absolute atomic E-state index is 0.177. The Morgan fingerprint density at radius 2 is 1.94 bits per heavy atom. The molecule has 2 unspecified atom stereocenters. The molecule has 2 atom stereocenters. The van der Waals surface area contributed by atoms with Crippen LogP contribution >= 0.6 is 0 Å². The Bertz CT molecular complexity index is 1290. The van der Waals surface area contributed by atoms with Crippen LogP contribution in [0.4, 0.5) is 0 Å². The van der Waals surface area contributed by atoms with Gasteiger partial charge in [0.05, 0.1) is 12.6 Å². The maximum absolute atomic E-state index is 12.4. The summed E-state index contributed by atoms with van der Waals surface area (Å²) in [6.45, 7) is 2.40. The van der Waals surface area contributed by atoms with E-state index in [1.807, 2.05) is 73.7 Å². The van der Waals surface area contributed by atoms with Crippen LogP contribution in [0.2, 0.25) is 0 Å². The summed E-state index contributed by atoms with van der Waals surface area (Å²) in [5, 5.41) is 13.4. The molecule has 3 aromatic carbocycles. The maximum atomic E-state index is 12.4. The molecule has 0 aliphatic carbocycles. The largest absolute Gasteiger partial charge is 0.489 e. The number of aliphatic hydroxyl groups is 1. The lowest BCUT2D eigenvalue weighted by atomic mass is 9.87. The van der Waals surface area contributed by atoms with Crippen molar-refractivity contribution in [1.29, 1.82) is 0 Å². The van der Waals surface area contributed by atoms with Gasteiger partial charge in [-0.1, -0.05) is 42.5 Å². The van der Waals surface area contributed by atoms with Gasteiger partial charge in [-0.2, -0.15) is 5.90 Å². The number of rotatable bonds is 7. The fraction of sp³-hybridized carbons (Fsp3) is 0.250. The molecule has 0 aromatic heterocycles. The summed E-state index contributed by atoms with van der Waals surface area (Å²) >= 11 is 0. The highest BCUT2D eigenvalue weighted by Gasteiger charge is 2.31. The van der Waals surface area contributed by atoms with Gasteiger partial charge in [0.15, 0.2) is 11.5 Å². The molecule has 8 heteroatoms. The quantitative estimate of drug-likeness (QED) is 0.434. The Hall–Kier alpha value is -3.85. The molecule has 0 spiro atoms. The van der Waals surface area contributed by atoms with Gasteiger partial charge in [-0.05, 0) is 65.4 Å². The zero-order valence-electron chi connectivity index (χ0n) is 19.9. The molecule has 8 nitrogen and oxygen atoms in total. The third-order valence-electron chi connectivity index (χ3n) is 6.50. The van der Waals surface area contributed by atoms with Gasteiger partial charge in [0.25, 0.3) is 0 Å². The molecule has 186 valence electrons. The van der Waals surface area contributed by atoms with Gasteiger partial charge in [-0.15, -0.1) is 0 Å². The number of aryl methyl sites for hydroxylation is 1. The third-order valence-corrected chi connectivity index (χ3v) is 6.50. The van der Waals surface area contributed by atoms with Crippen molar-refractivity contribution in [3.05, 3.63) is 94.1 Å². The smallest absolute Gasteiger partial charge is 0.341 e. The monoisotopic (exact) mass is 488 g/mol. The summed E-state index contributed by atoms with van der Waals surface area (Å²) in [4.78, 5) is 16.9. The molecule has 0 fully saturated rings. The molecule has 3 aromatic rings. The van der Waals surface area contributed by atoms with E-state index in [0.717, 1.165) is 33.6 Å². The molecule has 0 bridgehead atoms. The first kappa shape index (κ1) is 23.9. The number of benzene rings is 3.